The third kappa shape index (κ3) is 5.76. The number of para-hydroxylation sites is 2. The van der Waals surface area contributed by atoms with Gasteiger partial charge in [0, 0.05) is 12.1 Å². The Morgan fingerprint density at radius 1 is 0.750 bits per heavy atom. The standard InChI is InChI=1S/C27H38N2O3/c1-5-6-7-8-9-10-11-12-15-18-29-23-17-14-13-16-22(23)28-27(29)21-19-24(30-2)26(32-4)25(20-21)31-3/h13-14,16-17,19-20H,5-12,15,18H2,1-4H3. The van der Waals surface area contributed by atoms with Crippen molar-refractivity contribution in [2.24, 2.45) is 0 Å². The minimum absolute atomic E-state index is 0.598. The summed E-state index contributed by atoms with van der Waals surface area (Å²) in [7, 11) is 4.91. The van der Waals surface area contributed by atoms with E-state index in [1.165, 1.54) is 51.4 Å². The lowest BCUT2D eigenvalue weighted by Gasteiger charge is -2.15. The van der Waals surface area contributed by atoms with Crippen LogP contribution in [0.5, 0.6) is 17.2 Å². The first-order chi connectivity index (χ1) is 15.7. The maximum absolute atomic E-state index is 5.57. The fraction of sp³-hybridized carbons (Fsp3) is 0.519. The number of imidazole rings is 1. The summed E-state index contributed by atoms with van der Waals surface area (Å²) in [6.45, 7) is 3.22. The van der Waals surface area contributed by atoms with Crippen molar-refractivity contribution in [1.29, 1.82) is 0 Å². The van der Waals surface area contributed by atoms with Gasteiger partial charge in [-0.05, 0) is 30.7 Å². The first kappa shape index (κ1) is 24.0. The lowest BCUT2D eigenvalue weighted by atomic mass is 10.1. The van der Waals surface area contributed by atoms with E-state index >= 15 is 0 Å². The third-order valence-corrected chi connectivity index (χ3v) is 6.06. The van der Waals surface area contributed by atoms with Gasteiger partial charge in [-0.15, -0.1) is 0 Å². The largest absolute Gasteiger partial charge is 0.493 e. The molecule has 5 heteroatoms. The molecule has 32 heavy (non-hydrogen) atoms. The SMILES string of the molecule is CCCCCCCCCCCn1c(-c2cc(OC)c(OC)c(OC)c2)nc2ccccc21. The molecule has 0 aliphatic carbocycles. The number of aromatic nitrogens is 2. The molecule has 0 atom stereocenters. The summed E-state index contributed by atoms with van der Waals surface area (Å²) in [6, 6.07) is 12.3. The van der Waals surface area contributed by atoms with E-state index in [1.54, 1.807) is 21.3 Å². The zero-order chi connectivity index (χ0) is 22.8. The molecule has 0 N–H and O–H groups in total. The maximum Gasteiger partial charge on any atom is 0.203 e. The highest BCUT2D eigenvalue weighted by Gasteiger charge is 2.18. The Morgan fingerprint density at radius 2 is 1.34 bits per heavy atom. The predicted molar refractivity (Wildman–Crippen MR) is 132 cm³/mol. The Morgan fingerprint density at radius 3 is 1.94 bits per heavy atom. The molecule has 0 bridgehead atoms. The molecule has 5 nitrogen and oxygen atoms in total. The van der Waals surface area contributed by atoms with E-state index in [4.69, 9.17) is 19.2 Å². The maximum atomic E-state index is 5.57. The van der Waals surface area contributed by atoms with E-state index in [9.17, 15) is 0 Å². The highest BCUT2D eigenvalue weighted by Crippen LogP contribution is 2.41. The Balaban J connectivity index is 1.77. The monoisotopic (exact) mass is 438 g/mol. The van der Waals surface area contributed by atoms with Crippen LogP contribution in [0.2, 0.25) is 0 Å². The summed E-state index contributed by atoms with van der Waals surface area (Å²) >= 11 is 0. The molecule has 0 aliphatic heterocycles. The number of hydrogen-bond acceptors (Lipinski definition) is 4. The van der Waals surface area contributed by atoms with Crippen LogP contribution in [0.1, 0.15) is 64.7 Å². The van der Waals surface area contributed by atoms with Gasteiger partial charge in [0.05, 0.1) is 32.4 Å². The molecule has 0 saturated heterocycles. The Kier molecular flexibility index (Phi) is 9.27. The number of methoxy groups -OCH3 is 3. The summed E-state index contributed by atoms with van der Waals surface area (Å²) in [5, 5.41) is 0. The second-order valence-electron chi connectivity index (χ2n) is 8.32. The molecule has 0 aliphatic rings. The van der Waals surface area contributed by atoms with E-state index in [0.29, 0.717) is 17.2 Å². The second-order valence-corrected chi connectivity index (χ2v) is 8.32. The number of unbranched alkanes of at least 4 members (excludes halogenated alkanes) is 8. The van der Waals surface area contributed by atoms with Crippen LogP contribution in [0, 0.1) is 0 Å². The number of benzene rings is 2. The Labute approximate surface area is 192 Å². The van der Waals surface area contributed by atoms with E-state index < -0.39 is 0 Å². The van der Waals surface area contributed by atoms with Gasteiger partial charge < -0.3 is 18.8 Å². The van der Waals surface area contributed by atoms with Gasteiger partial charge in [0.2, 0.25) is 5.75 Å². The number of hydrogen-bond donors (Lipinski definition) is 0. The fourth-order valence-electron chi connectivity index (χ4n) is 4.31. The minimum Gasteiger partial charge on any atom is -0.493 e. The normalized spacial score (nSPS) is 11.1. The van der Waals surface area contributed by atoms with Crippen molar-refractivity contribution in [2.75, 3.05) is 21.3 Å². The smallest absolute Gasteiger partial charge is 0.203 e. The lowest BCUT2D eigenvalue weighted by molar-refractivity contribution is 0.324. The summed E-state index contributed by atoms with van der Waals surface area (Å²) in [5.74, 6) is 2.82. The molecular weight excluding hydrogens is 400 g/mol. The molecule has 0 radical (unpaired) electrons. The van der Waals surface area contributed by atoms with E-state index in [-0.39, 0.29) is 0 Å². The summed E-state index contributed by atoms with van der Waals surface area (Å²) in [5.41, 5.74) is 3.13. The van der Waals surface area contributed by atoms with Crippen molar-refractivity contribution >= 4 is 11.0 Å². The van der Waals surface area contributed by atoms with Crippen molar-refractivity contribution in [3.8, 4) is 28.6 Å². The van der Waals surface area contributed by atoms with Gasteiger partial charge in [0.15, 0.2) is 11.5 Å². The first-order valence-corrected chi connectivity index (χ1v) is 12.0. The zero-order valence-electron chi connectivity index (χ0n) is 20.2. The van der Waals surface area contributed by atoms with Crippen LogP contribution in [0.4, 0.5) is 0 Å². The van der Waals surface area contributed by atoms with Gasteiger partial charge >= 0.3 is 0 Å². The summed E-state index contributed by atoms with van der Waals surface area (Å²) in [4.78, 5) is 4.96. The molecule has 3 aromatic rings. The van der Waals surface area contributed by atoms with Gasteiger partial charge in [-0.3, -0.25) is 0 Å². The first-order valence-electron chi connectivity index (χ1n) is 12.0. The van der Waals surface area contributed by atoms with Crippen LogP contribution in [-0.2, 0) is 6.54 Å². The van der Waals surface area contributed by atoms with Crippen molar-refractivity contribution < 1.29 is 14.2 Å². The van der Waals surface area contributed by atoms with E-state index in [1.807, 2.05) is 18.2 Å². The number of rotatable bonds is 14. The Hall–Kier alpha value is -2.69. The summed E-state index contributed by atoms with van der Waals surface area (Å²) in [6.07, 6.45) is 11.9. The number of aryl methyl sites for hydroxylation is 1. The van der Waals surface area contributed by atoms with Crippen LogP contribution < -0.4 is 14.2 Å². The third-order valence-electron chi connectivity index (χ3n) is 6.06. The van der Waals surface area contributed by atoms with Crippen LogP contribution in [0.15, 0.2) is 36.4 Å². The molecule has 174 valence electrons. The zero-order valence-corrected chi connectivity index (χ0v) is 20.2. The number of fused-ring (bicyclic) bond motifs is 1. The fourth-order valence-corrected chi connectivity index (χ4v) is 4.31. The van der Waals surface area contributed by atoms with Gasteiger partial charge in [-0.2, -0.15) is 0 Å². The highest BCUT2D eigenvalue weighted by atomic mass is 16.5. The molecule has 2 aromatic carbocycles. The molecule has 0 amide bonds. The summed E-state index contributed by atoms with van der Waals surface area (Å²) < 4.78 is 19.0. The molecule has 1 heterocycles. The average Bonchev–Trinajstić information content (AvgIpc) is 3.20. The molecule has 0 saturated carbocycles. The highest BCUT2D eigenvalue weighted by molar-refractivity contribution is 5.81. The average molecular weight is 439 g/mol. The molecule has 0 unspecified atom stereocenters. The molecule has 0 fully saturated rings. The Bertz CT molecular complexity index is 955. The number of ether oxygens (including phenoxy) is 3. The van der Waals surface area contributed by atoms with Crippen molar-refractivity contribution in [2.45, 2.75) is 71.3 Å². The molecule has 3 rings (SSSR count). The minimum atomic E-state index is 0.598. The van der Waals surface area contributed by atoms with E-state index in [0.717, 1.165) is 35.4 Å². The van der Waals surface area contributed by atoms with Crippen LogP contribution in [-0.4, -0.2) is 30.9 Å². The second kappa shape index (κ2) is 12.4. The van der Waals surface area contributed by atoms with Crippen LogP contribution in [0.25, 0.3) is 22.4 Å². The molecule has 1 aromatic heterocycles. The predicted octanol–water partition coefficient (Wildman–Crippen LogP) is 7.26. The van der Waals surface area contributed by atoms with Crippen LogP contribution in [0.3, 0.4) is 0 Å². The van der Waals surface area contributed by atoms with E-state index in [2.05, 4.69) is 29.7 Å². The van der Waals surface area contributed by atoms with Crippen molar-refractivity contribution in [1.82, 2.24) is 9.55 Å². The molecule has 0 spiro atoms. The topological polar surface area (TPSA) is 45.5 Å². The van der Waals surface area contributed by atoms with Crippen molar-refractivity contribution in [3.05, 3.63) is 36.4 Å². The van der Waals surface area contributed by atoms with Gasteiger partial charge in [0.25, 0.3) is 0 Å². The van der Waals surface area contributed by atoms with Gasteiger partial charge in [-0.1, -0.05) is 70.4 Å². The lowest BCUT2D eigenvalue weighted by Crippen LogP contribution is -2.02. The number of nitrogens with zero attached hydrogens (tertiary/aromatic N) is 2. The van der Waals surface area contributed by atoms with Gasteiger partial charge in [0.1, 0.15) is 5.82 Å². The quantitative estimate of drug-likeness (QED) is 0.248. The molecular formula is C27H38N2O3. The van der Waals surface area contributed by atoms with Crippen molar-refractivity contribution in [3.63, 3.8) is 0 Å². The van der Waals surface area contributed by atoms with Gasteiger partial charge in [-0.25, -0.2) is 4.98 Å². The van der Waals surface area contributed by atoms with Crippen LogP contribution >= 0.6 is 0 Å².